The van der Waals surface area contributed by atoms with Gasteiger partial charge in [-0.15, -0.1) is 11.3 Å². The van der Waals surface area contributed by atoms with Gasteiger partial charge >= 0.3 is 0 Å². The van der Waals surface area contributed by atoms with Crippen LogP contribution in [-0.4, -0.2) is 25.5 Å². The monoisotopic (exact) mass is 304 g/mol. The zero-order valence-electron chi connectivity index (χ0n) is 10.4. The van der Waals surface area contributed by atoms with E-state index in [0.717, 1.165) is 6.54 Å². The first kappa shape index (κ1) is 14.2. The lowest BCUT2D eigenvalue weighted by molar-refractivity contribution is 0.179. The Morgan fingerprint density at radius 2 is 2.00 bits per heavy atom. The number of nitrogens with two attached hydrogens (primary N) is 1. The summed E-state index contributed by atoms with van der Waals surface area (Å²) in [6, 6.07) is 4.73. The summed E-state index contributed by atoms with van der Waals surface area (Å²) in [4.78, 5) is 3.66. The van der Waals surface area contributed by atoms with Crippen molar-refractivity contribution >= 4 is 27.3 Å². The predicted octanol–water partition coefficient (Wildman–Crippen LogP) is 3.34. The van der Waals surface area contributed by atoms with Crippen molar-refractivity contribution in [2.75, 3.05) is 20.6 Å². The second-order valence-electron chi connectivity index (χ2n) is 4.69. The summed E-state index contributed by atoms with van der Waals surface area (Å²) in [6.45, 7) is 5.23. The molecule has 2 unspecified atom stereocenters. The molecule has 92 valence electrons. The molecule has 1 heterocycles. The van der Waals surface area contributed by atoms with E-state index < -0.39 is 0 Å². The number of hydrogen-bond donors (Lipinski definition) is 1. The number of halogens is 1. The van der Waals surface area contributed by atoms with Crippen LogP contribution in [0.2, 0.25) is 0 Å². The van der Waals surface area contributed by atoms with Crippen LogP contribution in [0.1, 0.15) is 24.8 Å². The van der Waals surface area contributed by atoms with Crippen molar-refractivity contribution in [2.45, 2.75) is 19.9 Å². The molecule has 2 nitrogen and oxygen atoms in total. The summed E-state index contributed by atoms with van der Waals surface area (Å²) < 4.78 is 1.19. The van der Waals surface area contributed by atoms with Crippen LogP contribution in [0.4, 0.5) is 0 Å². The van der Waals surface area contributed by atoms with Gasteiger partial charge in [0.1, 0.15) is 0 Å². The smallest absolute Gasteiger partial charge is 0.0701 e. The van der Waals surface area contributed by atoms with Crippen LogP contribution in [0.15, 0.2) is 15.9 Å². The molecule has 0 saturated carbocycles. The maximum Gasteiger partial charge on any atom is 0.0701 e. The third-order valence-corrected chi connectivity index (χ3v) is 4.67. The Bertz CT molecular complexity index is 323. The lowest BCUT2D eigenvalue weighted by Crippen LogP contribution is -2.34. The minimum atomic E-state index is 0.418. The van der Waals surface area contributed by atoms with Crippen LogP contribution in [0, 0.1) is 11.8 Å². The van der Waals surface area contributed by atoms with Gasteiger partial charge < -0.3 is 10.6 Å². The fraction of sp³-hybridized carbons (Fsp3) is 0.667. The van der Waals surface area contributed by atoms with Gasteiger partial charge in [0.2, 0.25) is 0 Å². The van der Waals surface area contributed by atoms with E-state index in [0.29, 0.717) is 17.9 Å². The van der Waals surface area contributed by atoms with Crippen LogP contribution < -0.4 is 5.73 Å². The SMILES string of the molecule is CC(C)C(CN)C(c1ccc(Br)s1)N(C)C. The van der Waals surface area contributed by atoms with Crippen molar-refractivity contribution in [2.24, 2.45) is 17.6 Å². The predicted molar refractivity (Wildman–Crippen MR) is 75.8 cm³/mol. The van der Waals surface area contributed by atoms with Gasteiger partial charge in [0.05, 0.1) is 3.79 Å². The Balaban J connectivity index is 2.98. The molecule has 0 bridgehead atoms. The van der Waals surface area contributed by atoms with Gasteiger partial charge in [0, 0.05) is 10.9 Å². The lowest BCUT2D eigenvalue weighted by Gasteiger charge is -2.33. The Kier molecular flexibility index (Phi) is 5.44. The second kappa shape index (κ2) is 6.15. The number of hydrogen-bond acceptors (Lipinski definition) is 3. The molecule has 0 aromatic carbocycles. The summed E-state index contributed by atoms with van der Waals surface area (Å²) in [5.41, 5.74) is 5.92. The third kappa shape index (κ3) is 3.29. The molecule has 0 aliphatic carbocycles. The Morgan fingerprint density at radius 3 is 2.31 bits per heavy atom. The molecule has 1 rings (SSSR count). The molecule has 0 aliphatic rings. The van der Waals surface area contributed by atoms with Crippen LogP contribution in [-0.2, 0) is 0 Å². The standard InChI is InChI=1S/C12H21BrN2S/c1-8(2)9(7-14)12(15(3)4)10-5-6-11(13)16-10/h5-6,8-9,12H,7,14H2,1-4H3. The Morgan fingerprint density at radius 1 is 1.38 bits per heavy atom. The van der Waals surface area contributed by atoms with Gasteiger partial charge in [-0.25, -0.2) is 0 Å². The fourth-order valence-corrected chi connectivity index (χ4v) is 3.80. The van der Waals surface area contributed by atoms with Gasteiger partial charge in [-0.3, -0.25) is 0 Å². The summed E-state index contributed by atoms with van der Waals surface area (Å²) in [7, 11) is 4.26. The fourth-order valence-electron chi connectivity index (χ4n) is 2.10. The van der Waals surface area contributed by atoms with Crippen LogP contribution in [0.3, 0.4) is 0 Å². The zero-order chi connectivity index (χ0) is 12.3. The van der Waals surface area contributed by atoms with Crippen molar-refractivity contribution in [3.63, 3.8) is 0 Å². The molecule has 0 spiro atoms. The normalized spacial score (nSPS) is 15.8. The van der Waals surface area contributed by atoms with Gasteiger partial charge in [-0.1, -0.05) is 13.8 Å². The van der Waals surface area contributed by atoms with E-state index in [1.54, 1.807) is 11.3 Å². The van der Waals surface area contributed by atoms with Gasteiger partial charge in [0.15, 0.2) is 0 Å². The van der Waals surface area contributed by atoms with Crippen molar-refractivity contribution in [1.82, 2.24) is 4.90 Å². The van der Waals surface area contributed by atoms with Crippen molar-refractivity contribution < 1.29 is 0 Å². The van der Waals surface area contributed by atoms with E-state index in [-0.39, 0.29) is 0 Å². The van der Waals surface area contributed by atoms with Crippen molar-refractivity contribution in [3.05, 3.63) is 20.8 Å². The van der Waals surface area contributed by atoms with E-state index in [1.165, 1.54) is 8.66 Å². The Hall–Kier alpha value is 0.1000. The molecular weight excluding hydrogens is 284 g/mol. The van der Waals surface area contributed by atoms with Crippen molar-refractivity contribution in [3.8, 4) is 0 Å². The average Bonchev–Trinajstić information content (AvgIpc) is 2.59. The van der Waals surface area contributed by atoms with Crippen LogP contribution in [0.25, 0.3) is 0 Å². The number of thiophene rings is 1. The zero-order valence-corrected chi connectivity index (χ0v) is 12.8. The Labute approximate surface area is 111 Å². The largest absolute Gasteiger partial charge is 0.330 e. The molecule has 2 atom stereocenters. The minimum absolute atomic E-state index is 0.418. The van der Waals surface area contributed by atoms with Gasteiger partial charge in [-0.05, 0) is 60.5 Å². The number of rotatable bonds is 5. The molecule has 16 heavy (non-hydrogen) atoms. The molecule has 0 saturated heterocycles. The molecule has 0 radical (unpaired) electrons. The summed E-state index contributed by atoms with van der Waals surface area (Å²) in [5, 5.41) is 0. The van der Waals surface area contributed by atoms with E-state index in [9.17, 15) is 0 Å². The quantitative estimate of drug-likeness (QED) is 0.904. The highest BCUT2D eigenvalue weighted by Gasteiger charge is 2.27. The summed E-state index contributed by atoms with van der Waals surface area (Å²) in [5.74, 6) is 1.10. The average molecular weight is 305 g/mol. The topological polar surface area (TPSA) is 29.3 Å². The van der Waals surface area contributed by atoms with Gasteiger partial charge in [0.25, 0.3) is 0 Å². The van der Waals surface area contributed by atoms with E-state index in [2.05, 4.69) is 60.9 Å². The highest BCUT2D eigenvalue weighted by Crippen LogP contribution is 2.36. The molecule has 0 amide bonds. The summed E-state index contributed by atoms with van der Waals surface area (Å²) in [6.07, 6.45) is 0. The maximum absolute atomic E-state index is 5.92. The van der Waals surface area contributed by atoms with E-state index in [4.69, 9.17) is 5.73 Å². The minimum Gasteiger partial charge on any atom is -0.330 e. The lowest BCUT2D eigenvalue weighted by atomic mass is 9.87. The third-order valence-electron chi connectivity index (χ3n) is 2.98. The highest BCUT2D eigenvalue weighted by molar-refractivity contribution is 9.11. The molecule has 0 aliphatic heterocycles. The van der Waals surface area contributed by atoms with Gasteiger partial charge in [-0.2, -0.15) is 0 Å². The first-order valence-corrected chi connectivity index (χ1v) is 7.20. The first-order valence-electron chi connectivity index (χ1n) is 5.59. The van der Waals surface area contributed by atoms with E-state index in [1.807, 2.05) is 0 Å². The number of nitrogens with zero attached hydrogens (tertiary/aromatic N) is 1. The highest BCUT2D eigenvalue weighted by atomic mass is 79.9. The van der Waals surface area contributed by atoms with E-state index >= 15 is 0 Å². The first-order chi connectivity index (χ1) is 7.47. The summed E-state index contributed by atoms with van der Waals surface area (Å²) >= 11 is 5.33. The van der Waals surface area contributed by atoms with Crippen LogP contribution in [0.5, 0.6) is 0 Å². The van der Waals surface area contributed by atoms with Crippen molar-refractivity contribution in [1.29, 1.82) is 0 Å². The molecule has 2 N–H and O–H groups in total. The molecule has 1 aromatic rings. The maximum atomic E-state index is 5.92. The van der Waals surface area contributed by atoms with Crippen LogP contribution >= 0.6 is 27.3 Å². The second-order valence-corrected chi connectivity index (χ2v) is 7.19. The molecule has 1 aromatic heterocycles. The molecule has 4 heteroatoms. The molecule has 0 fully saturated rings. The molecular formula is C12H21BrN2S.